The maximum absolute atomic E-state index is 12.5. The molecule has 0 saturated heterocycles. The number of nitrogens with zero attached hydrogens (tertiary/aromatic N) is 2. The standard InChI is InChI=1S/C8H5F3N2O2S/c1-16(14,15)7-5(8(9,10)11)2-3-13-6(7)4-12/h2-3H,1H3. The van der Waals surface area contributed by atoms with E-state index >= 15 is 0 Å². The molecule has 0 aliphatic heterocycles. The fourth-order valence-corrected chi connectivity index (χ4v) is 2.16. The molecule has 0 aliphatic rings. The van der Waals surface area contributed by atoms with Crippen molar-refractivity contribution >= 4 is 9.84 Å². The maximum Gasteiger partial charge on any atom is 0.417 e. The smallest absolute Gasteiger partial charge is 0.244 e. The van der Waals surface area contributed by atoms with Gasteiger partial charge in [-0.15, -0.1) is 0 Å². The molecule has 8 heteroatoms. The molecule has 86 valence electrons. The van der Waals surface area contributed by atoms with Crippen molar-refractivity contribution in [2.24, 2.45) is 0 Å². The minimum Gasteiger partial charge on any atom is -0.244 e. The summed E-state index contributed by atoms with van der Waals surface area (Å²) < 4.78 is 59.9. The fourth-order valence-electron chi connectivity index (χ4n) is 1.13. The first-order chi connectivity index (χ1) is 7.18. The number of alkyl halides is 3. The van der Waals surface area contributed by atoms with Crippen LogP contribution in [0.5, 0.6) is 0 Å². The van der Waals surface area contributed by atoms with Gasteiger partial charge in [-0.05, 0) is 6.07 Å². The Morgan fingerprint density at radius 2 is 2.00 bits per heavy atom. The van der Waals surface area contributed by atoms with E-state index in [1.165, 1.54) is 6.07 Å². The molecule has 0 saturated carbocycles. The third-order valence-corrected chi connectivity index (χ3v) is 2.84. The van der Waals surface area contributed by atoms with Crippen LogP contribution < -0.4 is 0 Å². The predicted octanol–water partition coefficient (Wildman–Crippen LogP) is 1.38. The molecule has 0 N–H and O–H groups in total. The number of sulfone groups is 1. The maximum atomic E-state index is 12.5. The first-order valence-corrected chi connectivity index (χ1v) is 5.73. The van der Waals surface area contributed by atoms with Crippen LogP contribution in [-0.2, 0) is 16.0 Å². The third-order valence-electron chi connectivity index (χ3n) is 1.69. The van der Waals surface area contributed by atoms with Crippen LogP contribution in [0.25, 0.3) is 0 Å². The van der Waals surface area contributed by atoms with Gasteiger partial charge in [-0.1, -0.05) is 0 Å². The van der Waals surface area contributed by atoms with Gasteiger partial charge in [0.25, 0.3) is 0 Å². The average molecular weight is 250 g/mol. The quantitative estimate of drug-likeness (QED) is 0.754. The number of hydrogen-bond acceptors (Lipinski definition) is 4. The monoisotopic (exact) mass is 250 g/mol. The summed E-state index contributed by atoms with van der Waals surface area (Å²) in [5.41, 5.74) is -2.13. The van der Waals surface area contributed by atoms with Crippen LogP contribution in [0, 0.1) is 11.3 Å². The van der Waals surface area contributed by atoms with Crippen molar-refractivity contribution in [3.05, 3.63) is 23.5 Å². The van der Waals surface area contributed by atoms with E-state index in [1.54, 1.807) is 0 Å². The highest BCUT2D eigenvalue weighted by Gasteiger charge is 2.37. The van der Waals surface area contributed by atoms with Gasteiger partial charge in [0.15, 0.2) is 15.5 Å². The summed E-state index contributed by atoms with van der Waals surface area (Å²) in [6.45, 7) is 0. The van der Waals surface area contributed by atoms with E-state index in [0.717, 1.165) is 6.20 Å². The number of aromatic nitrogens is 1. The summed E-state index contributed by atoms with van der Waals surface area (Å²) in [5, 5.41) is 8.53. The molecule has 0 atom stereocenters. The van der Waals surface area contributed by atoms with E-state index in [1.807, 2.05) is 0 Å². The Labute approximate surface area is 89.3 Å². The van der Waals surface area contributed by atoms with Gasteiger partial charge in [-0.25, -0.2) is 13.4 Å². The van der Waals surface area contributed by atoms with Crippen LogP contribution >= 0.6 is 0 Å². The topological polar surface area (TPSA) is 70.8 Å². The first kappa shape index (κ1) is 12.4. The molecular weight excluding hydrogens is 245 g/mol. The Morgan fingerprint density at radius 3 is 2.38 bits per heavy atom. The number of nitriles is 1. The van der Waals surface area contributed by atoms with Gasteiger partial charge in [0, 0.05) is 12.5 Å². The number of hydrogen-bond donors (Lipinski definition) is 0. The van der Waals surface area contributed by atoms with Crippen LogP contribution in [0.15, 0.2) is 17.2 Å². The molecule has 0 amide bonds. The predicted molar refractivity (Wildman–Crippen MR) is 47.1 cm³/mol. The Balaban J connectivity index is 3.73. The van der Waals surface area contributed by atoms with E-state index in [-0.39, 0.29) is 0 Å². The Kier molecular flexibility index (Phi) is 2.92. The number of pyridine rings is 1. The van der Waals surface area contributed by atoms with Crippen LogP contribution in [0.2, 0.25) is 0 Å². The molecular formula is C8H5F3N2O2S. The number of halogens is 3. The molecule has 1 rings (SSSR count). The molecule has 0 bridgehead atoms. The minimum absolute atomic E-state index is 0.525. The molecule has 16 heavy (non-hydrogen) atoms. The molecule has 0 aliphatic carbocycles. The highest BCUT2D eigenvalue weighted by Crippen LogP contribution is 2.34. The average Bonchev–Trinajstić information content (AvgIpc) is 2.13. The van der Waals surface area contributed by atoms with Gasteiger partial charge < -0.3 is 0 Å². The molecule has 1 aromatic heterocycles. The molecule has 0 fully saturated rings. The van der Waals surface area contributed by atoms with Crippen LogP contribution in [0.4, 0.5) is 13.2 Å². The second-order valence-corrected chi connectivity index (χ2v) is 4.87. The van der Waals surface area contributed by atoms with Crippen molar-refractivity contribution in [3.63, 3.8) is 0 Å². The largest absolute Gasteiger partial charge is 0.417 e. The Hall–Kier alpha value is -1.62. The van der Waals surface area contributed by atoms with Gasteiger partial charge in [-0.3, -0.25) is 0 Å². The van der Waals surface area contributed by atoms with Crippen molar-refractivity contribution in [1.29, 1.82) is 5.26 Å². The van der Waals surface area contributed by atoms with Crippen LogP contribution in [0.1, 0.15) is 11.3 Å². The molecule has 0 radical (unpaired) electrons. The van der Waals surface area contributed by atoms with Gasteiger partial charge in [0.05, 0.1) is 5.56 Å². The van der Waals surface area contributed by atoms with Crippen molar-refractivity contribution in [3.8, 4) is 6.07 Å². The van der Waals surface area contributed by atoms with Crippen LogP contribution in [0.3, 0.4) is 0 Å². The second kappa shape index (κ2) is 3.75. The normalized spacial score (nSPS) is 12.2. The van der Waals surface area contributed by atoms with Gasteiger partial charge in [0.2, 0.25) is 0 Å². The van der Waals surface area contributed by atoms with Gasteiger partial charge >= 0.3 is 6.18 Å². The summed E-state index contributed by atoms with van der Waals surface area (Å²) >= 11 is 0. The van der Waals surface area contributed by atoms with E-state index in [4.69, 9.17) is 5.26 Å². The summed E-state index contributed by atoms with van der Waals surface area (Å²) in [5.74, 6) is 0. The van der Waals surface area contributed by atoms with Crippen molar-refractivity contribution in [2.45, 2.75) is 11.1 Å². The Morgan fingerprint density at radius 1 is 1.44 bits per heavy atom. The van der Waals surface area contributed by atoms with Crippen molar-refractivity contribution < 1.29 is 21.6 Å². The van der Waals surface area contributed by atoms with E-state index < -0.39 is 32.2 Å². The lowest BCUT2D eigenvalue weighted by molar-refractivity contribution is -0.140. The zero-order chi connectivity index (χ0) is 12.6. The fraction of sp³-hybridized carbons (Fsp3) is 0.250. The molecule has 0 unspecified atom stereocenters. The third kappa shape index (κ3) is 2.30. The molecule has 0 aromatic carbocycles. The molecule has 0 spiro atoms. The minimum atomic E-state index is -4.84. The van der Waals surface area contributed by atoms with E-state index in [2.05, 4.69) is 4.98 Å². The van der Waals surface area contributed by atoms with Gasteiger partial charge in [-0.2, -0.15) is 18.4 Å². The summed E-state index contributed by atoms with van der Waals surface area (Å²) in [7, 11) is -4.16. The Bertz CT molecular complexity index is 558. The zero-order valence-electron chi connectivity index (χ0n) is 7.91. The lowest BCUT2D eigenvalue weighted by Crippen LogP contribution is -2.15. The van der Waals surface area contributed by atoms with E-state index in [9.17, 15) is 21.6 Å². The molecule has 1 aromatic rings. The summed E-state index contributed by atoms with van der Waals surface area (Å²) in [6.07, 6.45) is -3.50. The molecule has 4 nitrogen and oxygen atoms in total. The highest BCUT2D eigenvalue weighted by molar-refractivity contribution is 7.90. The summed E-state index contributed by atoms with van der Waals surface area (Å²) in [6, 6.07) is 1.85. The SMILES string of the molecule is CS(=O)(=O)c1c(C(F)(F)F)ccnc1C#N. The lowest BCUT2D eigenvalue weighted by Gasteiger charge is -2.11. The molecule has 1 heterocycles. The number of rotatable bonds is 1. The highest BCUT2D eigenvalue weighted by atomic mass is 32.2. The van der Waals surface area contributed by atoms with Gasteiger partial charge in [0.1, 0.15) is 11.0 Å². The summed E-state index contributed by atoms with van der Waals surface area (Å²) in [4.78, 5) is 2.22. The van der Waals surface area contributed by atoms with Crippen molar-refractivity contribution in [1.82, 2.24) is 4.98 Å². The van der Waals surface area contributed by atoms with Crippen LogP contribution in [-0.4, -0.2) is 19.7 Å². The first-order valence-electron chi connectivity index (χ1n) is 3.84. The van der Waals surface area contributed by atoms with Crippen molar-refractivity contribution in [2.75, 3.05) is 6.26 Å². The lowest BCUT2D eigenvalue weighted by atomic mass is 10.2. The second-order valence-electron chi connectivity index (χ2n) is 2.92. The van der Waals surface area contributed by atoms with E-state index in [0.29, 0.717) is 12.3 Å². The zero-order valence-corrected chi connectivity index (χ0v) is 8.72.